The number of pyridine rings is 2. The van der Waals surface area contributed by atoms with Gasteiger partial charge in [0.2, 0.25) is 0 Å². The zero-order valence-corrected chi connectivity index (χ0v) is 25.7. The number of hydrogen-bond acceptors (Lipinski definition) is 8. The quantitative estimate of drug-likeness (QED) is 0.135. The van der Waals surface area contributed by atoms with Crippen LogP contribution in [0.4, 0.5) is 5.69 Å². The number of aliphatic hydroxyl groups is 2. The highest BCUT2D eigenvalue weighted by molar-refractivity contribution is 6.39. The van der Waals surface area contributed by atoms with E-state index in [2.05, 4.69) is 25.9 Å². The van der Waals surface area contributed by atoms with Crippen molar-refractivity contribution in [3.05, 3.63) is 93.9 Å². The normalized spacial score (nSPS) is 12.5. The minimum Gasteiger partial charge on any atom is -0.496 e. The third kappa shape index (κ3) is 8.51. The molecule has 2 atom stereocenters. The predicted molar refractivity (Wildman–Crippen MR) is 171 cm³/mol. The second-order valence-corrected chi connectivity index (χ2v) is 10.9. The van der Waals surface area contributed by atoms with Crippen molar-refractivity contribution in [2.45, 2.75) is 39.1 Å². The molecule has 2 unspecified atom stereocenters. The van der Waals surface area contributed by atoms with Crippen LogP contribution in [0.2, 0.25) is 10.0 Å². The van der Waals surface area contributed by atoms with E-state index in [4.69, 9.17) is 27.9 Å². The first-order valence-electron chi connectivity index (χ1n) is 13.8. The smallest absolute Gasteiger partial charge is 0.274 e. The summed E-state index contributed by atoms with van der Waals surface area (Å²) in [6.45, 7) is 5.42. The van der Waals surface area contributed by atoms with E-state index in [-0.39, 0.29) is 5.69 Å². The molecular weight excluding hydrogens is 589 g/mol. The van der Waals surface area contributed by atoms with Gasteiger partial charge in [0.05, 0.1) is 40.7 Å². The highest BCUT2D eigenvalue weighted by atomic mass is 35.5. The maximum atomic E-state index is 13.0. The molecule has 0 bridgehead atoms. The lowest BCUT2D eigenvalue weighted by atomic mass is 10.0. The number of nitrogens with one attached hydrogen (secondary N) is 3. The maximum Gasteiger partial charge on any atom is 0.274 e. The number of nitrogens with zero attached hydrogens (tertiary/aromatic N) is 2. The fraction of sp³-hybridized carbons (Fsp3) is 0.281. The summed E-state index contributed by atoms with van der Waals surface area (Å²) < 4.78 is 5.61. The molecular formula is C32H35Cl2N5O4. The fourth-order valence-corrected chi connectivity index (χ4v) is 5.02. The second-order valence-electron chi connectivity index (χ2n) is 10.2. The van der Waals surface area contributed by atoms with Gasteiger partial charge in [-0.3, -0.25) is 14.8 Å². The van der Waals surface area contributed by atoms with E-state index >= 15 is 0 Å². The molecule has 0 spiro atoms. The molecule has 9 nitrogen and oxygen atoms in total. The summed E-state index contributed by atoms with van der Waals surface area (Å²) in [6.07, 6.45) is 2.38. The van der Waals surface area contributed by atoms with Crippen LogP contribution in [0.15, 0.2) is 67.0 Å². The molecule has 2 heterocycles. The van der Waals surface area contributed by atoms with E-state index in [0.29, 0.717) is 64.5 Å². The van der Waals surface area contributed by atoms with E-state index in [0.717, 1.165) is 16.7 Å². The predicted octanol–water partition coefficient (Wildman–Crippen LogP) is 5.32. The van der Waals surface area contributed by atoms with E-state index in [1.54, 1.807) is 63.7 Å². The van der Waals surface area contributed by atoms with Crippen LogP contribution in [0, 0.1) is 0 Å². The molecule has 0 fully saturated rings. The highest BCUT2D eigenvalue weighted by Gasteiger charge is 2.18. The van der Waals surface area contributed by atoms with Gasteiger partial charge in [-0.25, -0.2) is 0 Å². The molecule has 0 saturated carbocycles. The Kier molecular flexibility index (Phi) is 11.5. The number of hydrogen-bond donors (Lipinski definition) is 5. The van der Waals surface area contributed by atoms with Crippen LogP contribution >= 0.6 is 23.2 Å². The lowest BCUT2D eigenvalue weighted by molar-refractivity contribution is 0.102. The standard InChI is InChI=1S/C32H35Cl2N5O4/c1-19(40)14-35-16-21-7-10-27(38-17-21)32(42)39-26-6-4-5-24(29(26)33)25-11-12-37-31(30(25)34)22-8-9-23(28(13-22)43-3)18-36-15-20(2)41/h4-13,17,19-20,35-36,40-41H,14-16,18H2,1-3H3,(H,39,42). The number of carbonyl (C=O) groups excluding carboxylic acids is 1. The van der Waals surface area contributed by atoms with Crippen LogP contribution in [0.25, 0.3) is 22.4 Å². The molecule has 4 rings (SSSR count). The minimum atomic E-state index is -0.451. The van der Waals surface area contributed by atoms with Crippen molar-refractivity contribution < 1.29 is 19.7 Å². The SMILES string of the molecule is COc1cc(-c2nccc(-c3cccc(NC(=O)c4ccc(CNCC(C)O)cn4)c3Cl)c2Cl)ccc1CNCC(C)O. The Labute approximate surface area is 261 Å². The number of halogens is 2. The van der Waals surface area contributed by atoms with Crippen LogP contribution in [0.3, 0.4) is 0 Å². The number of aromatic nitrogens is 2. The van der Waals surface area contributed by atoms with Crippen molar-refractivity contribution >= 4 is 34.8 Å². The van der Waals surface area contributed by atoms with Crippen LogP contribution in [0.5, 0.6) is 5.75 Å². The summed E-state index contributed by atoms with van der Waals surface area (Å²) in [7, 11) is 1.60. The van der Waals surface area contributed by atoms with Crippen molar-refractivity contribution in [2.24, 2.45) is 0 Å². The van der Waals surface area contributed by atoms with Crippen molar-refractivity contribution in [3.8, 4) is 28.1 Å². The lowest BCUT2D eigenvalue weighted by Gasteiger charge is -2.15. The van der Waals surface area contributed by atoms with Crippen molar-refractivity contribution in [3.63, 3.8) is 0 Å². The monoisotopic (exact) mass is 623 g/mol. The molecule has 0 saturated heterocycles. The van der Waals surface area contributed by atoms with Crippen LogP contribution in [0.1, 0.15) is 35.5 Å². The molecule has 4 aromatic rings. The third-order valence-corrected chi connectivity index (χ3v) is 7.36. The van der Waals surface area contributed by atoms with Gasteiger partial charge in [-0.15, -0.1) is 0 Å². The van der Waals surface area contributed by atoms with Gasteiger partial charge in [0, 0.05) is 60.8 Å². The molecule has 0 aliphatic carbocycles. The van der Waals surface area contributed by atoms with Gasteiger partial charge >= 0.3 is 0 Å². The average Bonchev–Trinajstić information content (AvgIpc) is 2.98. The second kappa shape index (κ2) is 15.2. The summed E-state index contributed by atoms with van der Waals surface area (Å²) in [6, 6.07) is 16.3. The van der Waals surface area contributed by atoms with Gasteiger partial charge in [0.25, 0.3) is 5.91 Å². The first kappa shape index (κ1) is 32.3. The Bertz CT molecular complexity index is 1550. The number of benzene rings is 2. The molecule has 0 aliphatic rings. The molecule has 11 heteroatoms. The number of amides is 1. The van der Waals surface area contributed by atoms with Crippen LogP contribution in [-0.2, 0) is 13.1 Å². The first-order valence-corrected chi connectivity index (χ1v) is 14.6. The molecule has 2 aromatic heterocycles. The summed E-state index contributed by atoms with van der Waals surface area (Å²) in [5.41, 5.74) is 5.08. The number of carbonyl (C=O) groups is 1. The summed E-state index contributed by atoms with van der Waals surface area (Å²) in [4.78, 5) is 21.8. The molecule has 226 valence electrons. The van der Waals surface area contributed by atoms with E-state index < -0.39 is 18.1 Å². The maximum absolute atomic E-state index is 13.0. The van der Waals surface area contributed by atoms with Crippen molar-refractivity contribution in [1.29, 1.82) is 0 Å². The zero-order chi connectivity index (χ0) is 30.9. The van der Waals surface area contributed by atoms with Crippen molar-refractivity contribution in [2.75, 3.05) is 25.5 Å². The highest BCUT2D eigenvalue weighted by Crippen LogP contribution is 2.41. The molecule has 1 amide bonds. The zero-order valence-electron chi connectivity index (χ0n) is 24.2. The topological polar surface area (TPSA) is 129 Å². The molecule has 0 aliphatic heterocycles. The number of rotatable bonds is 13. The van der Waals surface area contributed by atoms with Crippen molar-refractivity contribution in [1.82, 2.24) is 20.6 Å². The van der Waals surface area contributed by atoms with E-state index in [1.165, 1.54) is 0 Å². The van der Waals surface area contributed by atoms with Gasteiger partial charge in [-0.05, 0) is 43.7 Å². The Morgan fingerprint density at radius 2 is 1.63 bits per heavy atom. The van der Waals surface area contributed by atoms with Gasteiger partial charge < -0.3 is 30.9 Å². The molecule has 0 radical (unpaired) electrons. The minimum absolute atomic E-state index is 0.239. The van der Waals surface area contributed by atoms with Crippen LogP contribution in [-0.4, -0.2) is 58.5 Å². The Morgan fingerprint density at radius 3 is 2.30 bits per heavy atom. The van der Waals surface area contributed by atoms with Gasteiger partial charge in [-0.2, -0.15) is 0 Å². The Balaban J connectivity index is 1.54. The number of anilines is 1. The van der Waals surface area contributed by atoms with Gasteiger partial charge in [0.1, 0.15) is 11.4 Å². The third-order valence-electron chi connectivity index (χ3n) is 6.57. The van der Waals surface area contributed by atoms with Gasteiger partial charge in [0.15, 0.2) is 0 Å². The van der Waals surface area contributed by atoms with E-state index in [1.807, 2.05) is 24.3 Å². The molecule has 43 heavy (non-hydrogen) atoms. The molecule has 2 aromatic carbocycles. The van der Waals surface area contributed by atoms with Crippen LogP contribution < -0.4 is 20.7 Å². The van der Waals surface area contributed by atoms with E-state index in [9.17, 15) is 15.0 Å². The Morgan fingerprint density at radius 1 is 0.907 bits per heavy atom. The lowest BCUT2D eigenvalue weighted by Crippen LogP contribution is -2.24. The summed E-state index contributed by atoms with van der Waals surface area (Å²) >= 11 is 13.7. The van der Waals surface area contributed by atoms with Gasteiger partial charge in [-0.1, -0.05) is 53.5 Å². The molecule has 5 N–H and O–H groups in total. The number of methoxy groups -OCH3 is 1. The number of ether oxygens (including phenoxy) is 1. The first-order chi connectivity index (χ1) is 20.7. The summed E-state index contributed by atoms with van der Waals surface area (Å²) in [5, 5.41) is 28.8. The Hall–Kier alpha value is -3.57. The number of aliphatic hydroxyl groups excluding tert-OH is 2. The fourth-order valence-electron chi connectivity index (χ4n) is 4.42. The average molecular weight is 625 g/mol. The largest absolute Gasteiger partial charge is 0.496 e. The summed E-state index contributed by atoms with van der Waals surface area (Å²) in [5.74, 6) is 0.262.